The number of para-hydroxylation sites is 2. The van der Waals surface area contributed by atoms with Crippen molar-refractivity contribution in [3.63, 3.8) is 0 Å². The lowest BCUT2D eigenvalue weighted by molar-refractivity contribution is 0.415. The van der Waals surface area contributed by atoms with Gasteiger partial charge in [-0.1, -0.05) is 35.3 Å². The monoisotopic (exact) mass is 296 g/mol. The number of nitrogens with zero attached hydrogens (tertiary/aromatic N) is 1. The molecular weight excluding hydrogens is 283 g/mol. The summed E-state index contributed by atoms with van der Waals surface area (Å²) in [6, 6.07) is 11.1. The second kappa shape index (κ2) is 5.59. The fourth-order valence-corrected chi connectivity index (χ4v) is 2.21. The summed E-state index contributed by atoms with van der Waals surface area (Å²) in [5.74, 6) is 0.760. The van der Waals surface area contributed by atoms with Crippen LogP contribution in [0.15, 0.2) is 36.4 Å². The molecule has 0 saturated heterocycles. The van der Waals surface area contributed by atoms with E-state index in [-0.39, 0.29) is 0 Å². The van der Waals surface area contributed by atoms with Crippen molar-refractivity contribution in [1.82, 2.24) is 0 Å². The molecule has 100 valence electrons. The van der Waals surface area contributed by atoms with Gasteiger partial charge >= 0.3 is 0 Å². The Bertz CT molecular complexity index is 602. The van der Waals surface area contributed by atoms with E-state index < -0.39 is 0 Å². The van der Waals surface area contributed by atoms with Gasteiger partial charge in [-0.05, 0) is 24.3 Å². The Morgan fingerprint density at radius 2 is 1.68 bits per heavy atom. The molecule has 0 aliphatic rings. The molecule has 2 aromatic carbocycles. The molecule has 19 heavy (non-hydrogen) atoms. The van der Waals surface area contributed by atoms with Crippen molar-refractivity contribution in [2.24, 2.45) is 0 Å². The summed E-state index contributed by atoms with van der Waals surface area (Å²) in [5.41, 5.74) is 8.23. The Balaban J connectivity index is 2.50. The Labute approximate surface area is 122 Å². The molecule has 0 radical (unpaired) electrons. The van der Waals surface area contributed by atoms with E-state index in [1.807, 2.05) is 36.2 Å². The van der Waals surface area contributed by atoms with E-state index in [0.717, 1.165) is 17.1 Å². The molecule has 0 heterocycles. The molecule has 0 aliphatic heterocycles. The molecule has 0 amide bonds. The van der Waals surface area contributed by atoms with Gasteiger partial charge < -0.3 is 15.4 Å². The van der Waals surface area contributed by atoms with Crippen molar-refractivity contribution in [3.05, 3.63) is 46.4 Å². The van der Waals surface area contributed by atoms with Crippen LogP contribution in [0.1, 0.15) is 0 Å². The minimum Gasteiger partial charge on any atom is -0.495 e. The number of ether oxygens (including phenoxy) is 1. The Morgan fingerprint density at radius 3 is 2.37 bits per heavy atom. The molecule has 2 N–H and O–H groups in total. The highest BCUT2D eigenvalue weighted by Crippen LogP contribution is 2.38. The summed E-state index contributed by atoms with van der Waals surface area (Å²) in [5, 5.41) is 0.906. The molecule has 0 unspecified atom stereocenters. The fraction of sp³-hybridized carbons (Fsp3) is 0.143. The van der Waals surface area contributed by atoms with Gasteiger partial charge in [-0.3, -0.25) is 0 Å². The molecule has 0 aromatic heterocycles. The van der Waals surface area contributed by atoms with Gasteiger partial charge in [0.2, 0.25) is 0 Å². The fourth-order valence-electron chi connectivity index (χ4n) is 1.88. The van der Waals surface area contributed by atoms with E-state index >= 15 is 0 Å². The minimum absolute atomic E-state index is 0.441. The van der Waals surface area contributed by atoms with Gasteiger partial charge in [-0.15, -0.1) is 0 Å². The molecule has 2 aromatic rings. The first-order valence-electron chi connectivity index (χ1n) is 5.66. The first-order valence-corrected chi connectivity index (χ1v) is 6.41. The molecule has 3 nitrogen and oxygen atoms in total. The number of hydrogen-bond donors (Lipinski definition) is 1. The Hall–Kier alpha value is -1.58. The van der Waals surface area contributed by atoms with Crippen LogP contribution in [-0.2, 0) is 0 Å². The number of benzene rings is 2. The van der Waals surface area contributed by atoms with E-state index in [9.17, 15) is 0 Å². The summed E-state index contributed by atoms with van der Waals surface area (Å²) in [6.07, 6.45) is 0. The summed E-state index contributed by atoms with van der Waals surface area (Å²) in [7, 11) is 3.53. The highest BCUT2D eigenvalue weighted by molar-refractivity contribution is 6.42. The number of hydrogen-bond acceptors (Lipinski definition) is 3. The van der Waals surface area contributed by atoms with Crippen LogP contribution < -0.4 is 15.4 Å². The van der Waals surface area contributed by atoms with Gasteiger partial charge in [0.25, 0.3) is 0 Å². The molecule has 5 heteroatoms. The Kier molecular flexibility index (Phi) is 4.08. The minimum atomic E-state index is 0.441. The van der Waals surface area contributed by atoms with Crippen molar-refractivity contribution in [2.45, 2.75) is 0 Å². The molecule has 0 spiro atoms. The van der Waals surface area contributed by atoms with Crippen molar-refractivity contribution < 1.29 is 4.74 Å². The third kappa shape index (κ3) is 2.72. The normalized spacial score (nSPS) is 10.3. The number of nitrogens with two attached hydrogens (primary N) is 1. The standard InChI is InChI=1S/C14H14Cl2N2O/c1-18(12-5-3-4-6-14(12)19-2)13-8-10(16)9(15)7-11(13)17/h3-8H,17H2,1-2H3. The zero-order valence-corrected chi connectivity index (χ0v) is 12.2. The van der Waals surface area contributed by atoms with E-state index in [2.05, 4.69) is 0 Å². The highest BCUT2D eigenvalue weighted by atomic mass is 35.5. The summed E-state index contributed by atoms with van der Waals surface area (Å²) in [6.45, 7) is 0. The average Bonchev–Trinajstić information content (AvgIpc) is 2.42. The van der Waals surface area contributed by atoms with Crippen LogP contribution in [0, 0.1) is 0 Å². The molecule has 2 rings (SSSR count). The van der Waals surface area contributed by atoms with Crippen LogP contribution in [-0.4, -0.2) is 14.2 Å². The van der Waals surface area contributed by atoms with Gasteiger partial charge in [0.1, 0.15) is 5.75 Å². The van der Waals surface area contributed by atoms with E-state index in [4.69, 9.17) is 33.7 Å². The zero-order chi connectivity index (χ0) is 14.0. The molecule has 0 fully saturated rings. The van der Waals surface area contributed by atoms with Gasteiger partial charge in [-0.2, -0.15) is 0 Å². The number of anilines is 3. The van der Waals surface area contributed by atoms with Crippen molar-refractivity contribution in [3.8, 4) is 5.75 Å². The molecule has 0 aliphatic carbocycles. The maximum Gasteiger partial charge on any atom is 0.142 e. The van der Waals surface area contributed by atoms with Crippen molar-refractivity contribution >= 4 is 40.3 Å². The van der Waals surface area contributed by atoms with Crippen LogP contribution in [0.5, 0.6) is 5.75 Å². The quantitative estimate of drug-likeness (QED) is 0.856. The predicted molar refractivity (Wildman–Crippen MR) is 81.9 cm³/mol. The second-order valence-electron chi connectivity index (χ2n) is 4.06. The topological polar surface area (TPSA) is 38.5 Å². The van der Waals surface area contributed by atoms with E-state index in [0.29, 0.717) is 15.7 Å². The number of rotatable bonds is 3. The lowest BCUT2D eigenvalue weighted by Crippen LogP contribution is -2.12. The van der Waals surface area contributed by atoms with E-state index in [1.54, 1.807) is 19.2 Å². The van der Waals surface area contributed by atoms with Gasteiger partial charge in [0, 0.05) is 7.05 Å². The van der Waals surface area contributed by atoms with Crippen LogP contribution in [0.25, 0.3) is 0 Å². The zero-order valence-electron chi connectivity index (χ0n) is 10.7. The smallest absolute Gasteiger partial charge is 0.142 e. The Morgan fingerprint density at radius 1 is 1.05 bits per heavy atom. The molecular formula is C14H14Cl2N2O. The summed E-state index contributed by atoms with van der Waals surface area (Å²) < 4.78 is 5.34. The SMILES string of the molecule is COc1ccccc1N(C)c1cc(Cl)c(Cl)cc1N. The van der Waals surface area contributed by atoms with Gasteiger partial charge in [0.05, 0.1) is 34.2 Å². The van der Waals surface area contributed by atoms with Crippen molar-refractivity contribution in [2.75, 3.05) is 24.8 Å². The third-order valence-corrected chi connectivity index (χ3v) is 3.60. The lowest BCUT2D eigenvalue weighted by Gasteiger charge is -2.23. The van der Waals surface area contributed by atoms with Crippen LogP contribution in [0.3, 0.4) is 0 Å². The van der Waals surface area contributed by atoms with Crippen LogP contribution in [0.2, 0.25) is 10.0 Å². The number of nitrogen functional groups attached to an aromatic ring is 1. The largest absolute Gasteiger partial charge is 0.495 e. The third-order valence-electron chi connectivity index (χ3n) is 2.88. The van der Waals surface area contributed by atoms with Crippen molar-refractivity contribution in [1.29, 1.82) is 0 Å². The number of halogens is 2. The lowest BCUT2D eigenvalue weighted by atomic mass is 10.2. The van der Waals surface area contributed by atoms with Crippen LogP contribution in [0.4, 0.5) is 17.1 Å². The maximum absolute atomic E-state index is 6.05. The van der Waals surface area contributed by atoms with Gasteiger partial charge in [-0.25, -0.2) is 0 Å². The average molecular weight is 297 g/mol. The van der Waals surface area contributed by atoms with Gasteiger partial charge in [0.15, 0.2) is 0 Å². The second-order valence-corrected chi connectivity index (χ2v) is 4.87. The van der Waals surface area contributed by atoms with E-state index in [1.165, 1.54) is 0 Å². The predicted octanol–water partition coefficient (Wildman–Crippen LogP) is 4.35. The maximum atomic E-state index is 6.05. The van der Waals surface area contributed by atoms with Crippen LogP contribution >= 0.6 is 23.2 Å². The summed E-state index contributed by atoms with van der Waals surface area (Å²) >= 11 is 12.0. The molecule has 0 atom stereocenters. The first-order chi connectivity index (χ1) is 9.04. The highest BCUT2D eigenvalue weighted by Gasteiger charge is 2.13. The number of methoxy groups -OCH3 is 1. The summed E-state index contributed by atoms with van der Waals surface area (Å²) in [4.78, 5) is 1.91. The first kappa shape index (κ1) is 13.8. The molecule has 0 saturated carbocycles. The molecule has 0 bridgehead atoms.